The summed E-state index contributed by atoms with van der Waals surface area (Å²) in [6.45, 7) is 2.93. The fourth-order valence-corrected chi connectivity index (χ4v) is 2.66. The maximum Gasteiger partial charge on any atom is 0.433 e. The molecule has 0 radical (unpaired) electrons. The molecule has 1 aromatic carbocycles. The normalized spacial score (nSPS) is 20.3. The Balaban J connectivity index is 0.00000243. The first-order valence-corrected chi connectivity index (χ1v) is 7.74. The summed E-state index contributed by atoms with van der Waals surface area (Å²) in [6, 6.07) is 6.42. The maximum atomic E-state index is 12.9. The molecule has 2 atom stereocenters. The van der Waals surface area contributed by atoms with Crippen LogP contribution in [-0.2, 0) is 15.7 Å². The van der Waals surface area contributed by atoms with E-state index in [4.69, 9.17) is 4.74 Å². The summed E-state index contributed by atoms with van der Waals surface area (Å²) in [5.41, 5.74) is -0.126. The third-order valence-electron chi connectivity index (χ3n) is 3.91. The third-order valence-corrected chi connectivity index (χ3v) is 3.91. The molecule has 1 fully saturated rings. The van der Waals surface area contributed by atoms with E-state index in [1.165, 1.54) is 24.3 Å². The molecule has 1 aliphatic heterocycles. The van der Waals surface area contributed by atoms with Crippen molar-refractivity contribution in [3.8, 4) is 5.69 Å². The second kappa shape index (κ2) is 8.07. The van der Waals surface area contributed by atoms with Gasteiger partial charge in [-0.15, -0.1) is 12.4 Å². The van der Waals surface area contributed by atoms with E-state index in [-0.39, 0.29) is 30.1 Å². The number of morpholine rings is 1. The molecule has 1 saturated heterocycles. The SMILES string of the molecule is C[C@H]1OCCN[C@@H]1C(=O)Nc1ccc(-n2nccc2C(F)(F)F)cc1.Cl. The van der Waals surface area contributed by atoms with E-state index in [1.54, 1.807) is 6.92 Å². The third kappa shape index (κ3) is 4.35. The van der Waals surface area contributed by atoms with Crippen molar-refractivity contribution in [1.29, 1.82) is 0 Å². The van der Waals surface area contributed by atoms with Crippen LogP contribution in [0.2, 0.25) is 0 Å². The Kier molecular flexibility index (Phi) is 6.27. The molecule has 0 spiro atoms. The van der Waals surface area contributed by atoms with Crippen LogP contribution in [0, 0.1) is 0 Å². The summed E-state index contributed by atoms with van der Waals surface area (Å²) < 4.78 is 45.0. The second-order valence-electron chi connectivity index (χ2n) is 5.67. The van der Waals surface area contributed by atoms with Crippen LogP contribution in [0.5, 0.6) is 0 Å². The number of benzene rings is 1. The molecule has 1 amide bonds. The summed E-state index contributed by atoms with van der Waals surface area (Å²) in [4.78, 5) is 12.3. The Hall–Kier alpha value is -2.10. The molecule has 2 N–H and O–H groups in total. The van der Waals surface area contributed by atoms with Crippen molar-refractivity contribution in [2.45, 2.75) is 25.2 Å². The number of ether oxygens (including phenoxy) is 1. The summed E-state index contributed by atoms with van der Waals surface area (Å²) in [5.74, 6) is -0.255. The quantitative estimate of drug-likeness (QED) is 0.845. The van der Waals surface area contributed by atoms with Gasteiger partial charge in [-0.05, 0) is 37.3 Å². The van der Waals surface area contributed by atoms with Crippen LogP contribution < -0.4 is 10.6 Å². The number of nitrogens with zero attached hydrogens (tertiary/aromatic N) is 2. The van der Waals surface area contributed by atoms with E-state index in [0.717, 1.165) is 16.9 Å². The number of amides is 1. The van der Waals surface area contributed by atoms with Crippen LogP contribution in [0.3, 0.4) is 0 Å². The van der Waals surface area contributed by atoms with Crippen LogP contribution in [0.25, 0.3) is 5.69 Å². The molecule has 2 heterocycles. The van der Waals surface area contributed by atoms with Crippen molar-refractivity contribution in [3.63, 3.8) is 0 Å². The number of carbonyl (C=O) groups is 1. The zero-order valence-electron chi connectivity index (χ0n) is 13.8. The largest absolute Gasteiger partial charge is 0.433 e. The molecule has 0 unspecified atom stereocenters. The number of halogens is 4. The van der Waals surface area contributed by atoms with Crippen LogP contribution in [0.4, 0.5) is 18.9 Å². The highest BCUT2D eigenvalue weighted by Gasteiger charge is 2.35. The Labute approximate surface area is 154 Å². The van der Waals surface area contributed by atoms with Gasteiger partial charge in [0.15, 0.2) is 0 Å². The number of nitrogens with one attached hydrogen (secondary N) is 2. The lowest BCUT2D eigenvalue weighted by Gasteiger charge is -2.29. The van der Waals surface area contributed by atoms with Crippen LogP contribution in [0.15, 0.2) is 36.5 Å². The number of anilines is 1. The van der Waals surface area contributed by atoms with Crippen molar-refractivity contribution in [2.75, 3.05) is 18.5 Å². The fraction of sp³-hybridized carbons (Fsp3) is 0.375. The van der Waals surface area contributed by atoms with Gasteiger partial charge in [0.1, 0.15) is 11.7 Å². The Morgan fingerprint density at radius 1 is 1.31 bits per heavy atom. The van der Waals surface area contributed by atoms with Crippen LogP contribution in [0.1, 0.15) is 12.6 Å². The van der Waals surface area contributed by atoms with Gasteiger partial charge in [0.05, 0.1) is 24.6 Å². The summed E-state index contributed by atoms with van der Waals surface area (Å²) >= 11 is 0. The first-order valence-electron chi connectivity index (χ1n) is 7.74. The number of hydrogen-bond donors (Lipinski definition) is 2. The fourth-order valence-electron chi connectivity index (χ4n) is 2.66. The van der Waals surface area contributed by atoms with E-state index >= 15 is 0 Å². The molecule has 26 heavy (non-hydrogen) atoms. The van der Waals surface area contributed by atoms with Crippen LogP contribution >= 0.6 is 12.4 Å². The minimum Gasteiger partial charge on any atom is -0.375 e. The zero-order valence-corrected chi connectivity index (χ0v) is 14.6. The number of carbonyl (C=O) groups excluding carboxylic acids is 1. The van der Waals surface area contributed by atoms with Crippen molar-refractivity contribution < 1.29 is 22.7 Å². The average molecular weight is 391 g/mol. The van der Waals surface area contributed by atoms with Gasteiger partial charge in [0.25, 0.3) is 0 Å². The molecule has 0 saturated carbocycles. The standard InChI is InChI=1S/C16H17F3N4O2.ClH/c1-10-14(20-8-9-25-10)15(24)22-11-2-4-12(5-3-11)23-13(6-7-21-23)16(17,18)19;/h2-7,10,14,20H,8-9H2,1H3,(H,22,24);1H/t10-,14+;/m1./s1. The minimum atomic E-state index is -4.49. The first kappa shape index (κ1) is 20.2. The zero-order chi connectivity index (χ0) is 18.0. The Morgan fingerprint density at radius 2 is 2.00 bits per heavy atom. The van der Waals surface area contributed by atoms with Gasteiger partial charge >= 0.3 is 6.18 Å². The number of rotatable bonds is 3. The van der Waals surface area contributed by atoms with Gasteiger partial charge in [0.2, 0.25) is 5.91 Å². The topological polar surface area (TPSA) is 68.2 Å². The molecule has 2 aromatic rings. The van der Waals surface area contributed by atoms with Crippen molar-refractivity contribution in [1.82, 2.24) is 15.1 Å². The smallest absolute Gasteiger partial charge is 0.375 e. The van der Waals surface area contributed by atoms with E-state index in [2.05, 4.69) is 15.7 Å². The van der Waals surface area contributed by atoms with Crippen molar-refractivity contribution in [2.24, 2.45) is 0 Å². The molecule has 0 bridgehead atoms. The lowest BCUT2D eigenvalue weighted by molar-refractivity contribution is -0.142. The molecule has 0 aliphatic carbocycles. The number of hydrogen-bond acceptors (Lipinski definition) is 4. The average Bonchev–Trinajstić information content (AvgIpc) is 3.06. The van der Waals surface area contributed by atoms with Crippen molar-refractivity contribution >= 4 is 24.0 Å². The van der Waals surface area contributed by atoms with Gasteiger partial charge in [-0.3, -0.25) is 4.79 Å². The Bertz CT molecular complexity index is 749. The molecule has 6 nitrogen and oxygen atoms in total. The molecule has 10 heteroatoms. The van der Waals surface area contributed by atoms with E-state index in [9.17, 15) is 18.0 Å². The van der Waals surface area contributed by atoms with Gasteiger partial charge in [-0.2, -0.15) is 18.3 Å². The second-order valence-corrected chi connectivity index (χ2v) is 5.67. The highest BCUT2D eigenvalue weighted by molar-refractivity contribution is 5.95. The van der Waals surface area contributed by atoms with Gasteiger partial charge in [-0.1, -0.05) is 0 Å². The Morgan fingerprint density at radius 3 is 2.62 bits per heavy atom. The molecular weight excluding hydrogens is 373 g/mol. The van der Waals surface area contributed by atoms with Gasteiger partial charge in [-0.25, -0.2) is 4.68 Å². The molecular formula is C16H18ClF3N4O2. The molecule has 1 aliphatic rings. The lowest BCUT2D eigenvalue weighted by atomic mass is 10.1. The summed E-state index contributed by atoms with van der Waals surface area (Å²) in [7, 11) is 0. The van der Waals surface area contributed by atoms with E-state index < -0.39 is 17.9 Å². The monoisotopic (exact) mass is 390 g/mol. The summed E-state index contributed by atoms with van der Waals surface area (Å²) in [6.07, 6.45) is -3.66. The van der Waals surface area contributed by atoms with Crippen LogP contribution in [-0.4, -0.2) is 41.0 Å². The molecule has 3 rings (SSSR count). The molecule has 1 aromatic heterocycles. The summed E-state index contributed by atoms with van der Waals surface area (Å²) in [5, 5.41) is 9.51. The minimum absolute atomic E-state index is 0. The number of alkyl halides is 3. The lowest BCUT2D eigenvalue weighted by Crippen LogP contribution is -2.53. The predicted molar refractivity (Wildman–Crippen MR) is 91.6 cm³/mol. The van der Waals surface area contributed by atoms with E-state index in [1.807, 2.05) is 0 Å². The first-order chi connectivity index (χ1) is 11.9. The maximum absolute atomic E-state index is 12.9. The highest BCUT2D eigenvalue weighted by atomic mass is 35.5. The van der Waals surface area contributed by atoms with Crippen molar-refractivity contribution in [3.05, 3.63) is 42.2 Å². The molecule has 142 valence electrons. The highest BCUT2D eigenvalue weighted by Crippen LogP contribution is 2.30. The predicted octanol–water partition coefficient (Wildman–Crippen LogP) is 2.63. The van der Waals surface area contributed by atoms with Gasteiger partial charge < -0.3 is 15.4 Å². The van der Waals surface area contributed by atoms with Gasteiger partial charge in [0, 0.05) is 12.2 Å². The van der Waals surface area contributed by atoms with E-state index in [0.29, 0.717) is 18.8 Å². The number of aromatic nitrogens is 2.